The van der Waals surface area contributed by atoms with Crippen LogP contribution in [0.1, 0.15) is 35.1 Å². The molecule has 2 saturated heterocycles. The number of rotatable bonds is 6. The Kier molecular flexibility index (Phi) is 5.40. The van der Waals surface area contributed by atoms with Crippen LogP contribution in [0, 0.1) is 25.7 Å². The standard InChI is InChI=1S/C26H28N4O5/c1-13-4-9-17-22(14(13)2)28-25(34)26(17)21-20(18(29-26)10-11-19(27)31)23(32)30(24(21)33)12-15-5-7-16(35-3)8-6-15/h4-9,18,20-21,29H,10-12H2,1-3H3,(H2,27,31)(H,28,34)/t18-,20+,21+,26+/m0/s1. The summed E-state index contributed by atoms with van der Waals surface area (Å²) in [4.78, 5) is 53.9. The molecular formula is C26H28N4O5. The first kappa shape index (κ1) is 23.0. The molecule has 4 N–H and O–H groups in total. The van der Waals surface area contributed by atoms with E-state index in [4.69, 9.17) is 10.5 Å². The van der Waals surface area contributed by atoms with Gasteiger partial charge in [-0.2, -0.15) is 0 Å². The van der Waals surface area contributed by atoms with Gasteiger partial charge in [0, 0.05) is 23.7 Å². The highest BCUT2D eigenvalue weighted by molar-refractivity contribution is 6.15. The summed E-state index contributed by atoms with van der Waals surface area (Å²) >= 11 is 0. The number of nitrogens with zero attached hydrogens (tertiary/aromatic N) is 1. The third-order valence-corrected chi connectivity index (χ3v) is 7.71. The Balaban J connectivity index is 1.57. The average molecular weight is 477 g/mol. The molecule has 0 radical (unpaired) electrons. The van der Waals surface area contributed by atoms with Gasteiger partial charge in [-0.15, -0.1) is 0 Å². The number of carbonyl (C=O) groups is 4. The number of nitrogens with two attached hydrogens (primary N) is 1. The Bertz CT molecular complexity index is 1260. The summed E-state index contributed by atoms with van der Waals surface area (Å²) in [5, 5.41) is 6.29. The predicted molar refractivity (Wildman–Crippen MR) is 127 cm³/mol. The maximum Gasteiger partial charge on any atom is 0.250 e. The number of carbonyl (C=O) groups excluding carboxylic acids is 4. The summed E-state index contributed by atoms with van der Waals surface area (Å²) in [6.45, 7) is 3.96. The van der Waals surface area contributed by atoms with Crippen molar-refractivity contribution in [2.24, 2.45) is 17.6 Å². The molecule has 3 aliphatic rings. The lowest BCUT2D eigenvalue weighted by atomic mass is 9.76. The van der Waals surface area contributed by atoms with E-state index >= 15 is 0 Å². The Morgan fingerprint density at radius 1 is 1.09 bits per heavy atom. The number of imide groups is 1. The normalized spacial score (nSPS) is 26.8. The first-order valence-electron chi connectivity index (χ1n) is 11.6. The van der Waals surface area contributed by atoms with E-state index in [0.29, 0.717) is 17.0 Å². The van der Waals surface area contributed by atoms with Crippen LogP contribution in [0.15, 0.2) is 36.4 Å². The Morgan fingerprint density at radius 3 is 2.46 bits per heavy atom. The SMILES string of the molecule is COc1ccc(CN2C(=O)[C@@H]3[C@H](CCC(N)=O)N[C@@]4(C(=O)Nc5c4ccc(C)c5C)[C@H]3C2=O)cc1. The minimum Gasteiger partial charge on any atom is -0.497 e. The highest BCUT2D eigenvalue weighted by Gasteiger charge is 2.70. The number of amides is 4. The maximum atomic E-state index is 13.8. The van der Waals surface area contributed by atoms with Crippen LogP contribution < -0.4 is 21.1 Å². The second-order valence-corrected chi connectivity index (χ2v) is 9.56. The van der Waals surface area contributed by atoms with Gasteiger partial charge in [0.25, 0.3) is 0 Å². The van der Waals surface area contributed by atoms with E-state index in [-0.39, 0.29) is 31.2 Å². The van der Waals surface area contributed by atoms with Crippen LogP contribution in [-0.2, 0) is 31.3 Å². The van der Waals surface area contributed by atoms with Crippen LogP contribution in [0.3, 0.4) is 0 Å². The minimum atomic E-state index is -1.39. The molecule has 2 aromatic rings. The fourth-order valence-corrected chi connectivity index (χ4v) is 5.79. The third kappa shape index (κ3) is 3.33. The van der Waals surface area contributed by atoms with Gasteiger partial charge in [-0.3, -0.25) is 29.4 Å². The molecular weight excluding hydrogens is 448 g/mol. The van der Waals surface area contributed by atoms with E-state index < -0.39 is 35.2 Å². The van der Waals surface area contributed by atoms with E-state index in [1.807, 2.05) is 26.0 Å². The van der Waals surface area contributed by atoms with Gasteiger partial charge in [0.1, 0.15) is 11.3 Å². The lowest BCUT2D eigenvalue weighted by molar-refractivity contribution is -0.143. The van der Waals surface area contributed by atoms with E-state index in [0.717, 1.165) is 16.7 Å². The van der Waals surface area contributed by atoms with Crippen molar-refractivity contribution in [2.75, 3.05) is 12.4 Å². The van der Waals surface area contributed by atoms with Crippen LogP contribution in [-0.4, -0.2) is 41.7 Å². The smallest absolute Gasteiger partial charge is 0.250 e. The number of aryl methyl sites for hydroxylation is 1. The predicted octanol–water partition coefficient (Wildman–Crippen LogP) is 1.50. The summed E-state index contributed by atoms with van der Waals surface area (Å²) < 4.78 is 5.19. The lowest BCUT2D eigenvalue weighted by Crippen LogP contribution is -2.53. The summed E-state index contributed by atoms with van der Waals surface area (Å²) in [6, 6.07) is 10.4. The number of primary amides is 1. The van der Waals surface area contributed by atoms with Crippen LogP contribution in [0.25, 0.3) is 0 Å². The molecule has 0 aliphatic carbocycles. The number of anilines is 1. The van der Waals surface area contributed by atoms with E-state index in [1.165, 1.54) is 4.90 Å². The van der Waals surface area contributed by atoms with Crippen LogP contribution >= 0.6 is 0 Å². The molecule has 3 heterocycles. The first-order valence-corrected chi connectivity index (χ1v) is 11.6. The highest BCUT2D eigenvalue weighted by Crippen LogP contribution is 2.54. The average Bonchev–Trinajstić information content (AvgIpc) is 3.41. The number of fused-ring (bicyclic) bond motifs is 4. The van der Waals surface area contributed by atoms with Gasteiger partial charge >= 0.3 is 0 Å². The molecule has 3 aliphatic heterocycles. The van der Waals surface area contributed by atoms with E-state index in [9.17, 15) is 19.2 Å². The quantitative estimate of drug-likeness (QED) is 0.542. The molecule has 0 aromatic heterocycles. The molecule has 4 amide bonds. The maximum absolute atomic E-state index is 13.8. The van der Waals surface area contributed by atoms with E-state index in [2.05, 4.69) is 10.6 Å². The van der Waals surface area contributed by atoms with Crippen molar-refractivity contribution >= 4 is 29.3 Å². The van der Waals surface area contributed by atoms with Crippen molar-refractivity contribution in [3.8, 4) is 5.75 Å². The largest absolute Gasteiger partial charge is 0.497 e. The zero-order valence-electron chi connectivity index (χ0n) is 19.9. The number of hydrogen-bond acceptors (Lipinski definition) is 6. The molecule has 0 unspecified atom stereocenters. The summed E-state index contributed by atoms with van der Waals surface area (Å²) in [6.07, 6.45) is 0.291. The zero-order chi connectivity index (χ0) is 25.1. The van der Waals surface area contributed by atoms with Gasteiger partial charge in [-0.1, -0.05) is 24.3 Å². The van der Waals surface area contributed by atoms with Crippen molar-refractivity contribution in [3.05, 3.63) is 58.7 Å². The summed E-state index contributed by atoms with van der Waals surface area (Å²) in [5.74, 6) is -2.63. The molecule has 4 atom stereocenters. The van der Waals surface area contributed by atoms with Crippen molar-refractivity contribution in [2.45, 2.75) is 44.8 Å². The Labute approximate surface area is 203 Å². The second-order valence-electron chi connectivity index (χ2n) is 9.56. The molecule has 0 saturated carbocycles. The number of nitrogens with one attached hydrogen (secondary N) is 2. The number of hydrogen-bond donors (Lipinski definition) is 3. The molecule has 182 valence electrons. The van der Waals surface area contributed by atoms with E-state index in [1.54, 1.807) is 31.4 Å². The summed E-state index contributed by atoms with van der Waals surface area (Å²) in [5.41, 5.74) is 8.03. The molecule has 5 rings (SSSR count). The molecule has 0 bridgehead atoms. The van der Waals surface area contributed by atoms with Crippen LogP contribution in [0.5, 0.6) is 5.75 Å². The number of likely N-dealkylation sites (tertiary alicyclic amines) is 1. The molecule has 9 nitrogen and oxygen atoms in total. The number of benzene rings is 2. The third-order valence-electron chi connectivity index (χ3n) is 7.71. The molecule has 2 aromatic carbocycles. The molecule has 35 heavy (non-hydrogen) atoms. The zero-order valence-corrected chi connectivity index (χ0v) is 19.9. The van der Waals surface area contributed by atoms with Crippen LogP contribution in [0.4, 0.5) is 5.69 Å². The fraction of sp³-hybridized carbons (Fsp3) is 0.385. The van der Waals surface area contributed by atoms with Crippen LogP contribution in [0.2, 0.25) is 0 Å². The lowest BCUT2D eigenvalue weighted by Gasteiger charge is -2.29. The van der Waals surface area contributed by atoms with Gasteiger partial charge in [-0.25, -0.2) is 0 Å². The van der Waals surface area contributed by atoms with Crippen molar-refractivity contribution < 1.29 is 23.9 Å². The Morgan fingerprint density at radius 2 is 1.80 bits per heavy atom. The number of methoxy groups -OCH3 is 1. The highest BCUT2D eigenvalue weighted by atomic mass is 16.5. The van der Waals surface area contributed by atoms with Gasteiger partial charge in [0.15, 0.2) is 0 Å². The van der Waals surface area contributed by atoms with Crippen molar-refractivity contribution in [1.29, 1.82) is 0 Å². The fourth-order valence-electron chi connectivity index (χ4n) is 5.79. The summed E-state index contributed by atoms with van der Waals surface area (Å²) in [7, 11) is 1.57. The van der Waals surface area contributed by atoms with Gasteiger partial charge in [0.05, 0.1) is 25.5 Å². The molecule has 9 heteroatoms. The minimum absolute atomic E-state index is 0.0400. The molecule has 1 spiro atoms. The van der Waals surface area contributed by atoms with Gasteiger partial charge in [-0.05, 0) is 49.1 Å². The van der Waals surface area contributed by atoms with Crippen molar-refractivity contribution in [1.82, 2.24) is 10.2 Å². The second kappa shape index (κ2) is 8.20. The topological polar surface area (TPSA) is 131 Å². The van der Waals surface area contributed by atoms with Gasteiger partial charge in [0.2, 0.25) is 23.6 Å². The monoisotopic (exact) mass is 476 g/mol. The van der Waals surface area contributed by atoms with Gasteiger partial charge < -0.3 is 15.8 Å². The Hall–Kier alpha value is -3.72. The number of ether oxygens (including phenoxy) is 1. The molecule has 2 fully saturated rings. The first-order chi connectivity index (χ1) is 16.7. The van der Waals surface area contributed by atoms with Crippen molar-refractivity contribution in [3.63, 3.8) is 0 Å².